The molecule has 5 fully saturated rings. The molecule has 0 spiro atoms. The zero-order chi connectivity index (χ0) is 25.4. The number of nitrogens with one attached hydrogen (secondary N) is 2. The average molecular weight is 511 g/mol. The molecule has 0 aromatic carbocycles. The highest BCUT2D eigenvalue weighted by atomic mass is 16.5. The molecule has 8 nitrogen and oxygen atoms in total. The van der Waals surface area contributed by atoms with Crippen LogP contribution in [-0.4, -0.2) is 72.7 Å². The van der Waals surface area contributed by atoms with E-state index >= 15 is 0 Å². The van der Waals surface area contributed by atoms with E-state index in [1.807, 2.05) is 11.8 Å². The third-order valence-corrected chi connectivity index (χ3v) is 9.67. The molecule has 1 aromatic rings. The molecule has 2 bridgehead atoms. The van der Waals surface area contributed by atoms with E-state index < -0.39 is 0 Å². The number of hydrogen-bond acceptors (Lipinski definition) is 6. The maximum absolute atomic E-state index is 13.3. The van der Waals surface area contributed by atoms with Crippen LogP contribution in [0.2, 0.25) is 0 Å². The van der Waals surface area contributed by atoms with Gasteiger partial charge in [0.2, 0.25) is 5.88 Å². The van der Waals surface area contributed by atoms with Gasteiger partial charge in [-0.3, -0.25) is 9.59 Å². The fraction of sp³-hybridized carbons (Fsp3) is 0.759. The number of fused-ring (bicyclic) bond motifs is 3. The molecule has 6 rings (SSSR count). The van der Waals surface area contributed by atoms with Crippen LogP contribution in [0, 0.1) is 17.3 Å². The van der Waals surface area contributed by atoms with Crippen molar-refractivity contribution in [3.05, 3.63) is 23.4 Å². The molecule has 4 unspecified atom stereocenters. The highest BCUT2D eigenvalue weighted by Gasteiger charge is 2.44. The molecule has 8 heteroatoms. The molecular weight excluding hydrogens is 468 g/mol. The molecule has 2 saturated heterocycles. The Hall–Kier alpha value is -2.19. The number of hydrogen-bond donors (Lipinski definition) is 2. The molecule has 3 aliphatic carbocycles. The molecule has 1 aromatic heterocycles. The minimum atomic E-state index is -0.181. The van der Waals surface area contributed by atoms with Gasteiger partial charge in [-0.15, -0.1) is 0 Å². The Morgan fingerprint density at radius 1 is 1.05 bits per heavy atom. The maximum Gasteiger partial charge on any atom is 0.273 e. The Morgan fingerprint density at radius 3 is 2.41 bits per heavy atom. The lowest BCUT2D eigenvalue weighted by atomic mass is 9.82. The van der Waals surface area contributed by atoms with E-state index in [1.165, 1.54) is 38.5 Å². The molecule has 2 amide bonds. The van der Waals surface area contributed by atoms with Crippen LogP contribution in [0.15, 0.2) is 12.1 Å². The summed E-state index contributed by atoms with van der Waals surface area (Å²) >= 11 is 0. The summed E-state index contributed by atoms with van der Waals surface area (Å²) in [6.45, 7) is 5.04. The van der Waals surface area contributed by atoms with Crippen LogP contribution >= 0.6 is 0 Å². The first-order chi connectivity index (χ1) is 18.0. The number of carbonyl (C=O) groups excluding carboxylic acids is 2. The molecule has 37 heavy (non-hydrogen) atoms. The Balaban J connectivity index is 1.06. The minimum absolute atomic E-state index is 0.0986. The zero-order valence-corrected chi connectivity index (χ0v) is 22.2. The number of ether oxygens (including phenoxy) is 2. The van der Waals surface area contributed by atoms with Crippen LogP contribution in [0.25, 0.3) is 0 Å². The molecule has 3 heterocycles. The lowest BCUT2D eigenvalue weighted by Gasteiger charge is -2.34. The van der Waals surface area contributed by atoms with Crippen molar-refractivity contribution < 1.29 is 19.1 Å². The Morgan fingerprint density at radius 2 is 1.76 bits per heavy atom. The largest absolute Gasteiger partial charge is 0.477 e. The van der Waals surface area contributed by atoms with Crippen molar-refractivity contribution >= 4 is 11.8 Å². The van der Waals surface area contributed by atoms with Crippen molar-refractivity contribution in [3.63, 3.8) is 0 Å². The summed E-state index contributed by atoms with van der Waals surface area (Å²) in [5.41, 5.74) is 0.888. The molecule has 3 saturated carbocycles. The first kappa shape index (κ1) is 25.1. The van der Waals surface area contributed by atoms with Crippen LogP contribution in [0.4, 0.5) is 0 Å². The number of carbonyl (C=O) groups is 2. The van der Waals surface area contributed by atoms with Crippen molar-refractivity contribution in [2.45, 2.75) is 89.3 Å². The maximum atomic E-state index is 13.3. The first-order valence-electron chi connectivity index (χ1n) is 14.6. The van der Waals surface area contributed by atoms with Gasteiger partial charge in [0.15, 0.2) is 0 Å². The molecule has 202 valence electrons. The summed E-state index contributed by atoms with van der Waals surface area (Å²) in [7, 11) is 0. The van der Waals surface area contributed by atoms with E-state index in [1.54, 1.807) is 12.1 Å². The highest BCUT2D eigenvalue weighted by Crippen LogP contribution is 2.46. The standard InChI is InChI=1S/C29H42N4O4/c1-2-37-27-24(9-10-25(32-27)28(35)33-22-7-8-23(33)16-36-15-22)26(34)31-18-29(11-12-29)17-30-21-13-19-5-3-4-6-20(19)14-21/h9-10,19-23,30H,2-8,11-18H2,1H3,(H,31,34). The van der Waals surface area contributed by atoms with Gasteiger partial charge in [-0.2, -0.15) is 0 Å². The van der Waals surface area contributed by atoms with E-state index in [2.05, 4.69) is 15.6 Å². The van der Waals surface area contributed by atoms with Crippen LogP contribution in [0.1, 0.15) is 92.0 Å². The first-order valence-corrected chi connectivity index (χ1v) is 14.6. The van der Waals surface area contributed by atoms with Crippen molar-refractivity contribution in [2.75, 3.05) is 32.9 Å². The van der Waals surface area contributed by atoms with Crippen LogP contribution in [0.3, 0.4) is 0 Å². The van der Waals surface area contributed by atoms with E-state index in [-0.39, 0.29) is 35.2 Å². The van der Waals surface area contributed by atoms with E-state index in [0.717, 1.165) is 44.1 Å². The topological polar surface area (TPSA) is 92.8 Å². The fourth-order valence-corrected chi connectivity index (χ4v) is 7.29. The van der Waals surface area contributed by atoms with Gasteiger partial charge in [0.1, 0.15) is 11.3 Å². The van der Waals surface area contributed by atoms with Crippen molar-refractivity contribution in [3.8, 4) is 5.88 Å². The fourth-order valence-electron chi connectivity index (χ4n) is 7.29. The predicted molar refractivity (Wildman–Crippen MR) is 140 cm³/mol. The van der Waals surface area contributed by atoms with E-state index in [9.17, 15) is 9.59 Å². The summed E-state index contributed by atoms with van der Waals surface area (Å²) < 4.78 is 11.4. The second-order valence-corrected chi connectivity index (χ2v) is 12.2. The molecule has 5 aliphatic rings. The van der Waals surface area contributed by atoms with Gasteiger partial charge >= 0.3 is 0 Å². The van der Waals surface area contributed by atoms with Crippen LogP contribution in [0.5, 0.6) is 5.88 Å². The summed E-state index contributed by atoms with van der Waals surface area (Å²) in [5.74, 6) is 1.82. The summed E-state index contributed by atoms with van der Waals surface area (Å²) in [4.78, 5) is 32.9. The number of pyridine rings is 1. The predicted octanol–water partition coefficient (Wildman–Crippen LogP) is 3.55. The molecule has 0 radical (unpaired) electrons. The van der Waals surface area contributed by atoms with Gasteiger partial charge < -0.3 is 25.0 Å². The van der Waals surface area contributed by atoms with Gasteiger partial charge in [-0.25, -0.2) is 4.98 Å². The van der Waals surface area contributed by atoms with Crippen molar-refractivity contribution in [2.24, 2.45) is 17.3 Å². The van der Waals surface area contributed by atoms with Gasteiger partial charge in [-0.1, -0.05) is 25.7 Å². The summed E-state index contributed by atoms with van der Waals surface area (Å²) in [5, 5.41) is 7.01. The van der Waals surface area contributed by atoms with Crippen LogP contribution in [-0.2, 0) is 4.74 Å². The Bertz CT molecular complexity index is 982. The number of aromatic nitrogens is 1. The number of nitrogens with zero attached hydrogens (tertiary/aromatic N) is 2. The summed E-state index contributed by atoms with van der Waals surface area (Å²) in [6.07, 6.45) is 12.5. The molecule has 4 atom stereocenters. The Labute approximate surface area is 220 Å². The van der Waals surface area contributed by atoms with Crippen LogP contribution < -0.4 is 15.4 Å². The van der Waals surface area contributed by atoms with Gasteiger partial charge in [0.25, 0.3) is 11.8 Å². The van der Waals surface area contributed by atoms with Crippen molar-refractivity contribution in [1.29, 1.82) is 0 Å². The van der Waals surface area contributed by atoms with Crippen molar-refractivity contribution in [1.82, 2.24) is 20.5 Å². The minimum Gasteiger partial charge on any atom is -0.477 e. The highest BCUT2D eigenvalue weighted by molar-refractivity contribution is 5.98. The lowest BCUT2D eigenvalue weighted by Crippen LogP contribution is -2.49. The summed E-state index contributed by atoms with van der Waals surface area (Å²) in [6, 6.07) is 4.23. The lowest BCUT2D eigenvalue weighted by molar-refractivity contribution is -0.00750. The third-order valence-electron chi connectivity index (χ3n) is 9.67. The molecule has 2 N–H and O–H groups in total. The smallest absolute Gasteiger partial charge is 0.273 e. The number of amides is 2. The average Bonchev–Trinajstić information content (AvgIpc) is 3.50. The SMILES string of the molecule is CCOc1nc(C(=O)N2C3CCC2COC3)ccc1C(=O)NCC1(CNC2CC3CCCCC3C2)CC1. The van der Waals surface area contributed by atoms with Gasteiger partial charge in [-0.05, 0) is 69.4 Å². The quantitative estimate of drug-likeness (QED) is 0.528. The second-order valence-electron chi connectivity index (χ2n) is 12.2. The molecule has 2 aliphatic heterocycles. The van der Waals surface area contributed by atoms with Gasteiger partial charge in [0.05, 0.1) is 31.9 Å². The molecular formula is C29H42N4O4. The van der Waals surface area contributed by atoms with E-state index in [0.29, 0.717) is 43.7 Å². The number of rotatable bonds is 9. The number of morpholine rings is 1. The third kappa shape index (κ3) is 5.24. The zero-order valence-electron chi connectivity index (χ0n) is 22.2. The normalized spacial score (nSPS) is 31.6. The van der Waals surface area contributed by atoms with Gasteiger partial charge in [0, 0.05) is 24.5 Å². The van der Waals surface area contributed by atoms with E-state index in [4.69, 9.17) is 9.47 Å². The Kier molecular flexibility index (Phi) is 7.14. The second kappa shape index (κ2) is 10.5. The monoisotopic (exact) mass is 510 g/mol.